The van der Waals surface area contributed by atoms with Gasteiger partial charge in [-0.25, -0.2) is 0 Å². The number of hydrogen-bond acceptors (Lipinski definition) is 2. The lowest BCUT2D eigenvalue weighted by molar-refractivity contribution is 0.181. The highest BCUT2D eigenvalue weighted by Gasteiger charge is 2.28. The Morgan fingerprint density at radius 2 is 2.05 bits per heavy atom. The minimum atomic E-state index is 0.357. The van der Waals surface area contributed by atoms with Crippen LogP contribution in [0, 0.1) is 18.3 Å². The summed E-state index contributed by atoms with van der Waals surface area (Å²) in [5, 5.41) is 3.79. The highest BCUT2D eigenvalue weighted by Crippen LogP contribution is 2.28. The van der Waals surface area contributed by atoms with Gasteiger partial charge < -0.3 is 5.32 Å². The van der Waals surface area contributed by atoms with Crippen molar-refractivity contribution in [2.75, 3.05) is 19.6 Å². The highest BCUT2D eigenvalue weighted by molar-refractivity contribution is 5.01. The maximum absolute atomic E-state index is 5.75. The van der Waals surface area contributed by atoms with E-state index in [2.05, 4.69) is 23.1 Å². The normalized spacial score (nSPS) is 28.5. The van der Waals surface area contributed by atoms with Crippen molar-refractivity contribution in [2.24, 2.45) is 5.92 Å². The second-order valence-electron chi connectivity index (χ2n) is 6.28. The first-order valence-corrected chi connectivity index (χ1v) is 8.28. The minimum absolute atomic E-state index is 0.357. The summed E-state index contributed by atoms with van der Waals surface area (Å²) in [6, 6.07) is 1.03. The average Bonchev–Trinajstić information content (AvgIpc) is 2.71. The largest absolute Gasteiger partial charge is 0.312 e. The summed E-state index contributed by atoms with van der Waals surface area (Å²) < 4.78 is 0. The van der Waals surface area contributed by atoms with E-state index in [0.29, 0.717) is 12.1 Å². The van der Waals surface area contributed by atoms with Gasteiger partial charge in [-0.15, -0.1) is 6.42 Å². The number of terminal acetylenes is 1. The van der Waals surface area contributed by atoms with Gasteiger partial charge in [-0.3, -0.25) is 4.90 Å². The van der Waals surface area contributed by atoms with Crippen LogP contribution in [0.5, 0.6) is 0 Å². The molecule has 1 N–H and O–H groups in total. The van der Waals surface area contributed by atoms with Gasteiger partial charge in [0.25, 0.3) is 0 Å². The fraction of sp³-hybridized carbons (Fsp3) is 0.882. The molecule has 2 heteroatoms. The highest BCUT2D eigenvalue weighted by atomic mass is 15.2. The zero-order chi connectivity index (χ0) is 13.5. The van der Waals surface area contributed by atoms with Crippen molar-refractivity contribution in [1.29, 1.82) is 0 Å². The van der Waals surface area contributed by atoms with Crippen molar-refractivity contribution in [2.45, 2.75) is 70.4 Å². The second-order valence-corrected chi connectivity index (χ2v) is 6.28. The van der Waals surface area contributed by atoms with E-state index >= 15 is 0 Å². The molecule has 2 unspecified atom stereocenters. The molecule has 2 fully saturated rings. The van der Waals surface area contributed by atoms with Gasteiger partial charge in [0.2, 0.25) is 0 Å². The summed E-state index contributed by atoms with van der Waals surface area (Å²) in [5.74, 6) is 3.91. The molecule has 0 aromatic rings. The smallest absolute Gasteiger partial charge is 0.0712 e. The molecular weight excluding hydrogens is 232 g/mol. The van der Waals surface area contributed by atoms with Crippen LogP contribution < -0.4 is 5.32 Å². The molecule has 1 heterocycles. The zero-order valence-corrected chi connectivity index (χ0v) is 12.5. The van der Waals surface area contributed by atoms with Crippen molar-refractivity contribution in [3.8, 4) is 12.3 Å². The molecule has 1 saturated heterocycles. The summed E-state index contributed by atoms with van der Waals surface area (Å²) in [4.78, 5) is 2.57. The van der Waals surface area contributed by atoms with Crippen LogP contribution in [0.4, 0.5) is 0 Å². The van der Waals surface area contributed by atoms with E-state index in [9.17, 15) is 0 Å². The number of rotatable bonds is 4. The molecule has 0 radical (unpaired) electrons. The third-order valence-corrected chi connectivity index (χ3v) is 4.87. The van der Waals surface area contributed by atoms with Crippen LogP contribution in [0.1, 0.15) is 58.3 Å². The molecule has 19 heavy (non-hydrogen) atoms. The maximum atomic E-state index is 5.75. The summed E-state index contributed by atoms with van der Waals surface area (Å²) in [5.41, 5.74) is 0. The second kappa shape index (κ2) is 7.92. The van der Waals surface area contributed by atoms with Crippen molar-refractivity contribution in [3.63, 3.8) is 0 Å². The Hall–Kier alpha value is -0.520. The molecule has 0 bridgehead atoms. The molecular formula is C17H30N2. The molecule has 0 aromatic heterocycles. The lowest BCUT2D eigenvalue weighted by atomic mass is 9.83. The molecule has 1 aliphatic heterocycles. The quantitative estimate of drug-likeness (QED) is 0.784. The Labute approximate surface area is 119 Å². The van der Waals surface area contributed by atoms with Gasteiger partial charge in [0, 0.05) is 19.1 Å². The fourth-order valence-electron chi connectivity index (χ4n) is 3.76. The van der Waals surface area contributed by atoms with E-state index in [0.717, 1.165) is 12.3 Å². The molecule has 0 spiro atoms. The fourth-order valence-corrected chi connectivity index (χ4v) is 3.76. The van der Waals surface area contributed by atoms with Crippen LogP contribution >= 0.6 is 0 Å². The molecule has 2 nitrogen and oxygen atoms in total. The SMILES string of the molecule is C#CC(CCC)N1CCCNC(C2CCCCC2)C1. The molecule has 2 aliphatic rings. The van der Waals surface area contributed by atoms with Gasteiger partial charge in [0.1, 0.15) is 0 Å². The molecule has 1 saturated carbocycles. The molecule has 0 aromatic carbocycles. The van der Waals surface area contributed by atoms with Crippen molar-refractivity contribution in [3.05, 3.63) is 0 Å². The number of nitrogens with zero attached hydrogens (tertiary/aromatic N) is 1. The molecule has 1 aliphatic carbocycles. The van der Waals surface area contributed by atoms with Gasteiger partial charge in [-0.1, -0.05) is 38.5 Å². The van der Waals surface area contributed by atoms with Crippen LogP contribution in [0.25, 0.3) is 0 Å². The van der Waals surface area contributed by atoms with Gasteiger partial charge in [0.05, 0.1) is 6.04 Å². The van der Waals surface area contributed by atoms with E-state index in [1.54, 1.807) is 0 Å². The van der Waals surface area contributed by atoms with Crippen molar-refractivity contribution in [1.82, 2.24) is 10.2 Å². The Kier molecular flexibility index (Phi) is 6.20. The monoisotopic (exact) mass is 262 g/mol. The van der Waals surface area contributed by atoms with Crippen LogP contribution in [0.15, 0.2) is 0 Å². The third-order valence-electron chi connectivity index (χ3n) is 4.87. The van der Waals surface area contributed by atoms with E-state index in [1.807, 2.05) is 0 Å². The Bertz CT molecular complexity index is 288. The first-order valence-electron chi connectivity index (χ1n) is 8.28. The predicted molar refractivity (Wildman–Crippen MR) is 82.1 cm³/mol. The topological polar surface area (TPSA) is 15.3 Å². The lowest BCUT2D eigenvalue weighted by Crippen LogP contribution is -2.46. The summed E-state index contributed by atoms with van der Waals surface area (Å²) >= 11 is 0. The number of hydrogen-bond donors (Lipinski definition) is 1. The molecule has 2 atom stereocenters. The summed E-state index contributed by atoms with van der Waals surface area (Å²) in [6.45, 7) is 5.74. The summed E-state index contributed by atoms with van der Waals surface area (Å²) in [6.07, 6.45) is 16.5. The maximum Gasteiger partial charge on any atom is 0.0712 e. The van der Waals surface area contributed by atoms with Gasteiger partial charge in [0.15, 0.2) is 0 Å². The van der Waals surface area contributed by atoms with Crippen LogP contribution in [-0.2, 0) is 0 Å². The van der Waals surface area contributed by atoms with Gasteiger partial charge in [-0.05, 0) is 38.1 Å². The lowest BCUT2D eigenvalue weighted by Gasteiger charge is -2.34. The van der Waals surface area contributed by atoms with E-state index in [4.69, 9.17) is 6.42 Å². The predicted octanol–water partition coefficient (Wildman–Crippen LogP) is 3.03. The standard InChI is InChI=1S/C17H30N2/c1-3-9-16(4-2)19-13-8-12-18-17(14-19)15-10-6-5-7-11-15/h2,15-18H,3,5-14H2,1H3. The van der Waals surface area contributed by atoms with Crippen LogP contribution in [-0.4, -0.2) is 36.6 Å². The van der Waals surface area contributed by atoms with Gasteiger partial charge in [-0.2, -0.15) is 0 Å². The minimum Gasteiger partial charge on any atom is -0.312 e. The van der Waals surface area contributed by atoms with Gasteiger partial charge >= 0.3 is 0 Å². The van der Waals surface area contributed by atoms with E-state index < -0.39 is 0 Å². The zero-order valence-electron chi connectivity index (χ0n) is 12.5. The van der Waals surface area contributed by atoms with Crippen molar-refractivity contribution >= 4 is 0 Å². The van der Waals surface area contributed by atoms with Crippen LogP contribution in [0.2, 0.25) is 0 Å². The van der Waals surface area contributed by atoms with E-state index in [1.165, 1.54) is 64.6 Å². The Morgan fingerprint density at radius 1 is 1.26 bits per heavy atom. The Balaban J connectivity index is 1.95. The average molecular weight is 262 g/mol. The van der Waals surface area contributed by atoms with Crippen LogP contribution in [0.3, 0.4) is 0 Å². The summed E-state index contributed by atoms with van der Waals surface area (Å²) in [7, 11) is 0. The van der Waals surface area contributed by atoms with E-state index in [-0.39, 0.29) is 0 Å². The van der Waals surface area contributed by atoms with Crippen molar-refractivity contribution < 1.29 is 0 Å². The molecule has 2 rings (SSSR count). The number of nitrogens with one attached hydrogen (secondary N) is 1. The first-order chi connectivity index (χ1) is 9.35. The molecule has 0 amide bonds. The first kappa shape index (κ1) is 14.9. The molecule has 108 valence electrons. The third kappa shape index (κ3) is 4.23. The Morgan fingerprint density at radius 3 is 2.74 bits per heavy atom.